The Hall–Kier alpha value is -1.36. The lowest BCUT2D eigenvalue weighted by atomic mass is 9.92. The van der Waals surface area contributed by atoms with E-state index in [1.807, 2.05) is 4.90 Å². The molecule has 0 bridgehead atoms. The maximum Gasteiger partial charge on any atom is 0.228 e. The van der Waals surface area contributed by atoms with Gasteiger partial charge in [0.2, 0.25) is 5.91 Å². The molecule has 3 rings (SSSR count). The minimum Gasteiger partial charge on any atom is -0.381 e. The van der Waals surface area contributed by atoms with Gasteiger partial charge in [-0.15, -0.1) is 0 Å². The lowest BCUT2D eigenvalue weighted by molar-refractivity contribution is -0.136. The van der Waals surface area contributed by atoms with Crippen molar-refractivity contribution in [2.24, 2.45) is 5.92 Å². The molecule has 0 aliphatic carbocycles. The summed E-state index contributed by atoms with van der Waals surface area (Å²) in [5, 5.41) is 7.57. The maximum atomic E-state index is 12.4. The van der Waals surface area contributed by atoms with Crippen molar-refractivity contribution < 1.29 is 9.53 Å². The number of nitrogens with one attached hydrogen (secondary N) is 1. The molecule has 1 atom stereocenters. The zero-order valence-electron chi connectivity index (χ0n) is 13.0. The molecule has 1 aromatic rings. The first-order chi connectivity index (χ1) is 10.1. The number of carbonyl (C=O) groups is 1. The Morgan fingerprint density at radius 3 is 2.71 bits per heavy atom. The van der Waals surface area contributed by atoms with Crippen LogP contribution in [0.2, 0.25) is 0 Å². The molecule has 0 radical (unpaired) electrons. The largest absolute Gasteiger partial charge is 0.381 e. The normalized spacial score (nSPS) is 24.0. The lowest BCUT2D eigenvalue weighted by Gasteiger charge is -2.32. The number of amides is 1. The van der Waals surface area contributed by atoms with E-state index in [-0.39, 0.29) is 5.92 Å². The second-order valence-electron chi connectivity index (χ2n) is 6.56. The fraction of sp³-hybridized carbons (Fsp3) is 0.750. The van der Waals surface area contributed by atoms with Gasteiger partial charge in [-0.25, -0.2) is 0 Å². The molecule has 3 heterocycles. The first kappa shape index (κ1) is 14.6. The van der Waals surface area contributed by atoms with E-state index in [1.165, 1.54) is 5.69 Å². The molecule has 2 saturated heterocycles. The Kier molecular flexibility index (Phi) is 4.29. The standard InChI is InChI=1S/C16H25N3O2/c1-11(2)14-9-15(18-17-14)12-3-6-19(7-4-12)16(20)13-5-8-21-10-13/h9,11-13H,3-8,10H2,1-2H3,(H,17,18)/t13-/m0/s1. The first-order valence-electron chi connectivity index (χ1n) is 8.07. The van der Waals surface area contributed by atoms with E-state index in [1.54, 1.807) is 0 Å². The van der Waals surface area contributed by atoms with Crippen LogP contribution in [-0.4, -0.2) is 47.3 Å². The molecular weight excluding hydrogens is 266 g/mol. The number of hydrogen-bond acceptors (Lipinski definition) is 3. The molecule has 1 amide bonds. The van der Waals surface area contributed by atoms with Crippen LogP contribution >= 0.6 is 0 Å². The Bertz CT molecular complexity index is 483. The van der Waals surface area contributed by atoms with Crippen molar-refractivity contribution in [3.8, 4) is 0 Å². The van der Waals surface area contributed by atoms with Gasteiger partial charge in [0.25, 0.3) is 0 Å². The second-order valence-corrected chi connectivity index (χ2v) is 6.56. The summed E-state index contributed by atoms with van der Waals surface area (Å²) in [4.78, 5) is 14.4. The van der Waals surface area contributed by atoms with Gasteiger partial charge in [0.15, 0.2) is 0 Å². The highest BCUT2D eigenvalue weighted by molar-refractivity contribution is 5.79. The summed E-state index contributed by atoms with van der Waals surface area (Å²) in [6.45, 7) is 7.37. The van der Waals surface area contributed by atoms with E-state index >= 15 is 0 Å². The molecule has 2 aliphatic rings. The number of hydrogen-bond donors (Lipinski definition) is 1. The Morgan fingerprint density at radius 1 is 1.38 bits per heavy atom. The van der Waals surface area contributed by atoms with Crippen LogP contribution in [0.15, 0.2) is 6.07 Å². The predicted octanol–water partition coefficient (Wildman–Crippen LogP) is 2.28. The molecule has 0 aromatic carbocycles. The van der Waals surface area contributed by atoms with E-state index in [0.29, 0.717) is 24.3 Å². The number of likely N-dealkylation sites (tertiary alicyclic amines) is 1. The van der Waals surface area contributed by atoms with Crippen LogP contribution in [0.1, 0.15) is 56.3 Å². The summed E-state index contributed by atoms with van der Waals surface area (Å²) in [7, 11) is 0. The second kappa shape index (κ2) is 6.18. The van der Waals surface area contributed by atoms with Gasteiger partial charge in [-0.2, -0.15) is 5.10 Å². The van der Waals surface area contributed by atoms with Crippen LogP contribution in [0.25, 0.3) is 0 Å². The molecule has 0 spiro atoms. The number of ether oxygens (including phenoxy) is 1. The number of nitrogens with zero attached hydrogens (tertiary/aromatic N) is 2. The fourth-order valence-corrected chi connectivity index (χ4v) is 3.26. The van der Waals surface area contributed by atoms with Crippen LogP contribution < -0.4 is 0 Å². The highest BCUT2D eigenvalue weighted by Crippen LogP contribution is 2.29. The Labute approximate surface area is 126 Å². The molecule has 5 nitrogen and oxygen atoms in total. The molecule has 21 heavy (non-hydrogen) atoms. The average molecular weight is 291 g/mol. The third kappa shape index (κ3) is 3.12. The van der Waals surface area contributed by atoms with Crippen molar-refractivity contribution in [3.63, 3.8) is 0 Å². The maximum absolute atomic E-state index is 12.4. The topological polar surface area (TPSA) is 58.2 Å². The van der Waals surface area contributed by atoms with Gasteiger partial charge in [-0.3, -0.25) is 9.89 Å². The first-order valence-corrected chi connectivity index (χ1v) is 8.07. The molecule has 0 unspecified atom stereocenters. The molecular formula is C16H25N3O2. The molecule has 116 valence electrons. The van der Waals surface area contributed by atoms with E-state index in [2.05, 4.69) is 30.1 Å². The quantitative estimate of drug-likeness (QED) is 0.929. The zero-order valence-corrected chi connectivity index (χ0v) is 13.0. The highest BCUT2D eigenvalue weighted by atomic mass is 16.5. The van der Waals surface area contributed by atoms with Crippen molar-refractivity contribution in [1.29, 1.82) is 0 Å². The number of rotatable bonds is 3. The van der Waals surface area contributed by atoms with Gasteiger partial charge in [0.1, 0.15) is 0 Å². The summed E-state index contributed by atoms with van der Waals surface area (Å²) in [5.74, 6) is 1.35. The Balaban J connectivity index is 1.55. The summed E-state index contributed by atoms with van der Waals surface area (Å²) in [5.41, 5.74) is 2.36. The molecule has 2 fully saturated rings. The van der Waals surface area contributed by atoms with Crippen molar-refractivity contribution in [2.45, 2.75) is 44.9 Å². The van der Waals surface area contributed by atoms with Gasteiger partial charge >= 0.3 is 0 Å². The molecule has 0 saturated carbocycles. The number of H-pyrrole nitrogens is 1. The summed E-state index contributed by atoms with van der Waals surface area (Å²) in [6.07, 6.45) is 2.94. The Morgan fingerprint density at radius 2 is 2.14 bits per heavy atom. The third-order valence-corrected chi connectivity index (χ3v) is 4.73. The average Bonchev–Trinajstić information content (AvgIpc) is 3.18. The van der Waals surface area contributed by atoms with Crippen molar-refractivity contribution in [3.05, 3.63) is 17.5 Å². The molecule has 1 aromatic heterocycles. The van der Waals surface area contributed by atoms with Gasteiger partial charge in [0.05, 0.1) is 18.2 Å². The number of aromatic amines is 1. The molecule has 1 N–H and O–H groups in total. The minimum absolute atomic E-state index is 0.0984. The number of aromatic nitrogens is 2. The monoisotopic (exact) mass is 291 g/mol. The molecule has 2 aliphatic heterocycles. The van der Waals surface area contributed by atoms with Crippen molar-refractivity contribution >= 4 is 5.91 Å². The SMILES string of the molecule is CC(C)c1cc(C2CCN(C(=O)[C@H]3CCOC3)CC2)[nH]n1. The van der Waals surface area contributed by atoms with Crippen LogP contribution in [-0.2, 0) is 9.53 Å². The van der Waals surface area contributed by atoms with E-state index < -0.39 is 0 Å². The van der Waals surface area contributed by atoms with Crippen LogP contribution in [0.5, 0.6) is 0 Å². The third-order valence-electron chi connectivity index (χ3n) is 4.73. The van der Waals surface area contributed by atoms with Crippen molar-refractivity contribution in [1.82, 2.24) is 15.1 Å². The minimum atomic E-state index is 0.0984. The van der Waals surface area contributed by atoms with Crippen LogP contribution in [0.4, 0.5) is 0 Å². The number of carbonyl (C=O) groups excluding carboxylic acids is 1. The lowest BCUT2D eigenvalue weighted by Crippen LogP contribution is -2.41. The van der Waals surface area contributed by atoms with Crippen molar-refractivity contribution in [2.75, 3.05) is 26.3 Å². The number of piperidine rings is 1. The van der Waals surface area contributed by atoms with E-state index in [4.69, 9.17) is 4.74 Å². The van der Waals surface area contributed by atoms with E-state index in [0.717, 1.165) is 44.7 Å². The summed E-state index contributed by atoms with van der Waals surface area (Å²) >= 11 is 0. The summed E-state index contributed by atoms with van der Waals surface area (Å²) in [6, 6.07) is 2.19. The van der Waals surface area contributed by atoms with E-state index in [9.17, 15) is 4.79 Å². The highest BCUT2D eigenvalue weighted by Gasteiger charge is 2.31. The molecule has 5 heteroatoms. The zero-order chi connectivity index (χ0) is 14.8. The smallest absolute Gasteiger partial charge is 0.228 e. The fourth-order valence-electron chi connectivity index (χ4n) is 3.26. The van der Waals surface area contributed by atoms with Crippen LogP contribution in [0, 0.1) is 5.92 Å². The van der Waals surface area contributed by atoms with Gasteiger partial charge < -0.3 is 9.64 Å². The van der Waals surface area contributed by atoms with Crippen LogP contribution in [0.3, 0.4) is 0 Å². The van der Waals surface area contributed by atoms with Gasteiger partial charge in [-0.1, -0.05) is 13.8 Å². The predicted molar refractivity (Wildman–Crippen MR) is 80.2 cm³/mol. The van der Waals surface area contributed by atoms with Gasteiger partial charge in [0, 0.05) is 31.3 Å². The summed E-state index contributed by atoms with van der Waals surface area (Å²) < 4.78 is 5.32. The van der Waals surface area contributed by atoms with Gasteiger partial charge in [-0.05, 0) is 31.2 Å².